The number of pyridine rings is 2. The largest absolute Gasteiger partial charge is 0.366 e. The summed E-state index contributed by atoms with van der Waals surface area (Å²) in [5, 5.41) is 4.97. The predicted octanol–water partition coefficient (Wildman–Crippen LogP) is 4.56. The fraction of sp³-hybridized carbons (Fsp3) is 0.0645. The maximum absolute atomic E-state index is 14.3. The maximum atomic E-state index is 14.3. The van der Waals surface area contributed by atoms with Crippen LogP contribution >= 0.6 is 0 Å². The van der Waals surface area contributed by atoms with Crippen LogP contribution in [0.2, 0.25) is 0 Å². The minimum atomic E-state index is -0.513. The topological polar surface area (TPSA) is 136 Å². The van der Waals surface area contributed by atoms with Gasteiger partial charge in [0.25, 0.3) is 5.56 Å². The molecule has 0 spiro atoms. The van der Waals surface area contributed by atoms with Crippen LogP contribution in [0.5, 0.6) is 0 Å². The molecule has 0 aliphatic rings. The number of benzene rings is 3. The Hall–Kier alpha value is -5.57. The summed E-state index contributed by atoms with van der Waals surface area (Å²) in [5.74, 6) is -0.143. The zero-order chi connectivity index (χ0) is 27.8. The van der Waals surface area contributed by atoms with Gasteiger partial charge in [0, 0.05) is 29.2 Å². The van der Waals surface area contributed by atoms with Gasteiger partial charge in [-0.3, -0.25) is 19.0 Å². The third-order valence-corrected chi connectivity index (χ3v) is 6.92. The lowest BCUT2D eigenvalue weighted by molar-refractivity contribution is 0.100. The molecule has 4 N–H and O–H groups in total. The average Bonchev–Trinajstić information content (AvgIpc) is 2.97. The molecule has 40 heavy (non-hydrogen) atoms. The maximum Gasteiger partial charge on any atom is 0.263 e. The number of nitrogens with two attached hydrogens (primary N) is 1. The Kier molecular flexibility index (Phi) is 6.16. The van der Waals surface area contributed by atoms with Gasteiger partial charge in [0.05, 0.1) is 11.4 Å². The number of hydrogen-bond acceptors (Lipinski definition) is 6. The first-order valence-corrected chi connectivity index (χ1v) is 12.7. The zero-order valence-corrected chi connectivity index (χ0v) is 21.5. The minimum Gasteiger partial charge on any atom is -0.366 e. The van der Waals surface area contributed by atoms with Crippen LogP contribution in [0.15, 0.2) is 107 Å². The van der Waals surface area contributed by atoms with Crippen LogP contribution in [-0.4, -0.2) is 25.4 Å². The molecule has 1 amide bonds. The number of anilines is 1. The molecule has 0 radical (unpaired) electrons. The van der Waals surface area contributed by atoms with Gasteiger partial charge in [-0.15, -0.1) is 0 Å². The standard InChI is InChI=1S/C31H24N6O3/c1-18(36-30-27-25(38)14-15-33-29(27)34-17-35-30)24-16-21-6-5-9-23(19-10-12-20(13-11-19)28(32)39)26(21)31(40)37(24)22-7-3-2-4-8-22/h2-18H,1H3,(H2,32,39)(H2,33,34,35,36,38). The zero-order valence-electron chi connectivity index (χ0n) is 21.5. The molecule has 0 aliphatic heterocycles. The van der Waals surface area contributed by atoms with Crippen molar-refractivity contribution in [1.29, 1.82) is 0 Å². The number of para-hydroxylation sites is 1. The van der Waals surface area contributed by atoms with E-state index in [-0.39, 0.29) is 11.0 Å². The summed E-state index contributed by atoms with van der Waals surface area (Å²) in [6.45, 7) is 1.91. The van der Waals surface area contributed by atoms with E-state index in [1.54, 1.807) is 35.0 Å². The number of nitrogens with one attached hydrogen (secondary N) is 2. The van der Waals surface area contributed by atoms with E-state index in [0.717, 1.165) is 16.5 Å². The summed E-state index contributed by atoms with van der Waals surface area (Å²) in [7, 11) is 0. The normalized spacial score (nSPS) is 11.9. The molecule has 6 aromatic rings. The Morgan fingerprint density at radius 3 is 2.45 bits per heavy atom. The summed E-state index contributed by atoms with van der Waals surface area (Å²) in [4.78, 5) is 50.0. The van der Waals surface area contributed by atoms with Crippen molar-refractivity contribution in [3.63, 3.8) is 0 Å². The molecule has 0 bridgehead atoms. The van der Waals surface area contributed by atoms with Gasteiger partial charge >= 0.3 is 0 Å². The van der Waals surface area contributed by atoms with Gasteiger partial charge in [-0.1, -0.05) is 48.5 Å². The quantitative estimate of drug-likeness (QED) is 0.290. The van der Waals surface area contributed by atoms with Crippen LogP contribution in [-0.2, 0) is 0 Å². The number of fused-ring (bicyclic) bond motifs is 2. The summed E-state index contributed by atoms with van der Waals surface area (Å²) >= 11 is 0. The monoisotopic (exact) mass is 528 g/mol. The Bertz CT molecular complexity index is 2010. The molecule has 3 aromatic heterocycles. The van der Waals surface area contributed by atoms with Gasteiger partial charge in [0.1, 0.15) is 23.2 Å². The first kappa shape index (κ1) is 24.7. The second-order valence-corrected chi connectivity index (χ2v) is 9.41. The summed E-state index contributed by atoms with van der Waals surface area (Å²) < 4.78 is 1.68. The minimum absolute atomic E-state index is 0.202. The van der Waals surface area contributed by atoms with Crippen molar-refractivity contribution in [3.05, 3.63) is 129 Å². The molecule has 3 aromatic carbocycles. The average molecular weight is 529 g/mol. The Morgan fingerprint density at radius 2 is 1.70 bits per heavy atom. The van der Waals surface area contributed by atoms with E-state index < -0.39 is 11.9 Å². The number of aromatic nitrogens is 4. The van der Waals surface area contributed by atoms with E-state index >= 15 is 0 Å². The fourth-order valence-electron chi connectivity index (χ4n) is 5.00. The summed E-state index contributed by atoms with van der Waals surface area (Å²) in [5.41, 5.74) is 8.72. The number of H-pyrrole nitrogens is 1. The molecule has 1 atom stereocenters. The third-order valence-electron chi connectivity index (χ3n) is 6.92. The van der Waals surface area contributed by atoms with E-state index in [9.17, 15) is 14.4 Å². The van der Waals surface area contributed by atoms with E-state index in [1.807, 2.05) is 61.5 Å². The van der Waals surface area contributed by atoms with Crippen molar-refractivity contribution in [3.8, 4) is 16.8 Å². The first-order valence-electron chi connectivity index (χ1n) is 12.7. The van der Waals surface area contributed by atoms with Crippen LogP contribution in [0, 0.1) is 0 Å². The summed E-state index contributed by atoms with van der Waals surface area (Å²) in [6.07, 6.45) is 2.92. The second-order valence-electron chi connectivity index (χ2n) is 9.41. The number of hydrogen-bond donors (Lipinski definition) is 3. The number of amides is 1. The van der Waals surface area contributed by atoms with Crippen molar-refractivity contribution in [2.75, 3.05) is 5.32 Å². The van der Waals surface area contributed by atoms with Crippen molar-refractivity contribution in [1.82, 2.24) is 19.5 Å². The molecule has 9 heteroatoms. The number of nitrogens with zero attached hydrogens (tertiary/aromatic N) is 3. The van der Waals surface area contributed by atoms with Gasteiger partial charge in [0.15, 0.2) is 5.43 Å². The van der Waals surface area contributed by atoms with Gasteiger partial charge in [-0.05, 0) is 53.8 Å². The number of aromatic amines is 1. The Labute approximate surface area is 228 Å². The van der Waals surface area contributed by atoms with E-state index in [4.69, 9.17) is 5.73 Å². The highest BCUT2D eigenvalue weighted by molar-refractivity contribution is 5.98. The molecule has 1 unspecified atom stereocenters. The molecule has 3 heterocycles. The molecule has 0 aliphatic carbocycles. The van der Waals surface area contributed by atoms with Crippen LogP contribution in [0.3, 0.4) is 0 Å². The van der Waals surface area contributed by atoms with Crippen molar-refractivity contribution < 1.29 is 4.79 Å². The van der Waals surface area contributed by atoms with Crippen LogP contribution in [0.25, 0.3) is 38.6 Å². The van der Waals surface area contributed by atoms with Crippen molar-refractivity contribution in [2.45, 2.75) is 13.0 Å². The lowest BCUT2D eigenvalue weighted by atomic mass is 9.97. The smallest absolute Gasteiger partial charge is 0.263 e. The van der Waals surface area contributed by atoms with Crippen LogP contribution < -0.4 is 22.0 Å². The molecule has 0 fully saturated rings. The molecule has 6 rings (SSSR count). The van der Waals surface area contributed by atoms with Crippen molar-refractivity contribution in [2.24, 2.45) is 5.73 Å². The SMILES string of the molecule is CC(Nc1ncnc2[nH]ccc(=O)c12)c1cc2cccc(-c3ccc(C(N)=O)cc3)c2c(=O)n1-c1ccccc1. The number of rotatable bonds is 6. The predicted molar refractivity (Wildman–Crippen MR) is 156 cm³/mol. The molecular formula is C31H24N6O3. The number of carbonyl (C=O) groups excluding carboxylic acids is 1. The summed E-state index contributed by atoms with van der Waals surface area (Å²) in [6, 6.07) is 24.9. The van der Waals surface area contributed by atoms with Gasteiger partial charge in [-0.2, -0.15) is 0 Å². The Morgan fingerprint density at radius 1 is 0.925 bits per heavy atom. The number of primary amides is 1. The lowest BCUT2D eigenvalue weighted by Gasteiger charge is -2.22. The highest BCUT2D eigenvalue weighted by Crippen LogP contribution is 2.30. The highest BCUT2D eigenvalue weighted by Gasteiger charge is 2.20. The van der Waals surface area contributed by atoms with E-state index in [2.05, 4.69) is 20.3 Å². The molecule has 9 nitrogen and oxygen atoms in total. The van der Waals surface area contributed by atoms with Crippen LogP contribution in [0.4, 0.5) is 5.82 Å². The molecule has 196 valence electrons. The van der Waals surface area contributed by atoms with Gasteiger partial charge < -0.3 is 16.0 Å². The second kappa shape index (κ2) is 9.95. The van der Waals surface area contributed by atoms with E-state index in [0.29, 0.717) is 39.2 Å². The Balaban J connectivity index is 1.55. The lowest BCUT2D eigenvalue weighted by Crippen LogP contribution is -2.26. The molecule has 0 saturated heterocycles. The van der Waals surface area contributed by atoms with E-state index in [1.165, 1.54) is 12.4 Å². The first-order chi connectivity index (χ1) is 19.4. The third kappa shape index (κ3) is 4.29. The molecular weight excluding hydrogens is 504 g/mol. The molecule has 0 saturated carbocycles. The van der Waals surface area contributed by atoms with Crippen LogP contribution in [0.1, 0.15) is 29.0 Å². The van der Waals surface area contributed by atoms with Crippen molar-refractivity contribution >= 4 is 33.5 Å². The fourth-order valence-corrected chi connectivity index (χ4v) is 5.00. The highest BCUT2D eigenvalue weighted by atomic mass is 16.1. The van der Waals surface area contributed by atoms with Gasteiger partial charge in [0.2, 0.25) is 5.91 Å². The van der Waals surface area contributed by atoms with Gasteiger partial charge in [-0.25, -0.2) is 9.97 Å². The number of carbonyl (C=O) groups is 1.